The van der Waals surface area contributed by atoms with Crippen molar-refractivity contribution in [3.8, 4) is 33.8 Å². The van der Waals surface area contributed by atoms with E-state index in [0.717, 1.165) is 0 Å². The molecule has 0 heterocycles. The van der Waals surface area contributed by atoms with Crippen LogP contribution in [0.25, 0.3) is 22.3 Å². The molecule has 0 amide bonds. The molecule has 4 N–H and O–H groups in total. The van der Waals surface area contributed by atoms with Gasteiger partial charge >= 0.3 is 19.3 Å². The fourth-order valence-corrected chi connectivity index (χ4v) is 18.0. The Labute approximate surface area is 199 Å². The van der Waals surface area contributed by atoms with E-state index >= 15 is 0 Å². The van der Waals surface area contributed by atoms with Crippen molar-refractivity contribution in [3.63, 3.8) is 0 Å². The highest BCUT2D eigenvalue weighted by molar-refractivity contribution is 8.20. The van der Waals surface area contributed by atoms with Crippen molar-refractivity contribution in [1.29, 1.82) is 0 Å². The molecule has 6 nitrogen and oxygen atoms in total. The van der Waals surface area contributed by atoms with Gasteiger partial charge in [0.15, 0.2) is 0 Å². The molecule has 0 aliphatic carbocycles. The van der Waals surface area contributed by atoms with Crippen LogP contribution in [0.3, 0.4) is 0 Å². The van der Waals surface area contributed by atoms with Crippen LogP contribution in [0.5, 0.6) is 11.5 Å². The normalized spacial score (nSPS) is 14.6. The molecule has 0 aliphatic rings. The second-order valence-corrected chi connectivity index (χ2v) is 20.2. The first-order valence-corrected chi connectivity index (χ1v) is 17.6. The summed E-state index contributed by atoms with van der Waals surface area (Å²) in [5, 5.41) is 12.2. The standard InChI is InChI=1S/2C12H9O3P.Mg/c2*13-11-7-3-1-5-9(11)10-6-2-4-8-12(10)16(14)15;/h2*1-8H,(H-,13,14,15);/q;;-2/p+2. The summed E-state index contributed by atoms with van der Waals surface area (Å²) in [6.07, 6.45) is 0. The third-order valence-corrected chi connectivity index (χ3v) is 19.6. The molecule has 4 aromatic carbocycles. The molecule has 0 fully saturated rings. The summed E-state index contributed by atoms with van der Waals surface area (Å²) in [6.45, 7) is 0. The summed E-state index contributed by atoms with van der Waals surface area (Å²) >= 11 is -2.55. The summed E-state index contributed by atoms with van der Waals surface area (Å²) in [6, 6.07) is 25.6. The third kappa shape index (κ3) is 4.94. The first kappa shape index (κ1) is 23.8. The lowest BCUT2D eigenvalue weighted by atomic mass is 10.0. The Hall–Kier alpha value is -2.37. The van der Waals surface area contributed by atoms with Gasteiger partial charge in [-0.05, 0) is 23.3 Å². The molecule has 4 rings (SSSR count). The molecule has 0 saturated heterocycles. The zero-order valence-corrected chi connectivity index (χ0v) is 20.6. The molecule has 0 radical (unpaired) electrons. The Morgan fingerprint density at radius 3 is 1.15 bits per heavy atom. The molecule has 0 saturated carbocycles. The average Bonchev–Trinajstić information content (AvgIpc) is 2.79. The largest absolute Gasteiger partial charge is 0.660 e. The Kier molecular flexibility index (Phi) is 6.82. The molecule has 2 atom stereocenters. The number of phenols is 2. The first-order valence-electron chi connectivity index (χ1n) is 10.1. The van der Waals surface area contributed by atoms with Crippen LogP contribution in [0.2, 0.25) is 0 Å². The molecule has 0 bridgehead atoms. The van der Waals surface area contributed by atoms with E-state index in [1.165, 1.54) is 24.3 Å². The minimum Gasteiger partial charge on any atom is -0.507 e. The number of hydrogen-bond acceptors (Lipinski definition) is 4. The van der Waals surface area contributed by atoms with Gasteiger partial charge in [-0.25, -0.2) is 0 Å². The number of para-hydroxylation sites is 2. The molecular weight excluding hydrogens is 471 g/mol. The van der Waals surface area contributed by atoms with Crippen molar-refractivity contribution < 1.29 is 29.1 Å². The summed E-state index contributed by atoms with van der Waals surface area (Å²) in [5.74, 6) is -0.104. The maximum absolute atomic E-state index is 13.6. The van der Waals surface area contributed by atoms with Crippen molar-refractivity contribution in [2.24, 2.45) is 0 Å². The number of rotatable bonds is 6. The van der Waals surface area contributed by atoms with E-state index in [0.29, 0.717) is 22.3 Å². The van der Waals surface area contributed by atoms with E-state index in [1.807, 2.05) is 0 Å². The van der Waals surface area contributed by atoms with Crippen LogP contribution in [0, 0.1) is 0 Å². The van der Waals surface area contributed by atoms with E-state index in [4.69, 9.17) is 0 Å². The van der Waals surface area contributed by atoms with Crippen molar-refractivity contribution in [3.05, 3.63) is 97.1 Å². The van der Waals surface area contributed by atoms with Crippen LogP contribution in [-0.4, -0.2) is 39.3 Å². The van der Waals surface area contributed by atoms with Gasteiger partial charge < -0.3 is 29.1 Å². The molecule has 164 valence electrons. The van der Waals surface area contributed by atoms with Gasteiger partial charge in [0.2, 0.25) is 0 Å². The predicted octanol–water partition coefficient (Wildman–Crippen LogP) is 4.46. The van der Waals surface area contributed by atoms with Gasteiger partial charge in [-0.2, -0.15) is 0 Å². The highest BCUT2D eigenvalue weighted by atomic mass is 31.4. The van der Waals surface area contributed by atoms with Gasteiger partial charge in [-0.15, -0.1) is 0 Å². The quantitative estimate of drug-likeness (QED) is 0.234. The summed E-state index contributed by atoms with van der Waals surface area (Å²) in [5.41, 5.74) is 1.45. The Morgan fingerprint density at radius 1 is 0.485 bits per heavy atom. The minimum absolute atomic E-state index is 0.0486. The monoisotopic (exact) mass is 490 g/mol. The van der Waals surface area contributed by atoms with Gasteiger partial charge in [0.25, 0.3) is 0 Å². The highest BCUT2D eigenvalue weighted by Crippen LogP contribution is 2.55. The zero-order chi connectivity index (χ0) is 23.6. The van der Waals surface area contributed by atoms with Gasteiger partial charge in [0, 0.05) is 21.7 Å². The maximum Gasteiger partial charge on any atom is 0.660 e. The van der Waals surface area contributed by atoms with Crippen LogP contribution in [0.4, 0.5) is 0 Å². The lowest BCUT2D eigenvalue weighted by Crippen LogP contribution is -2.18. The summed E-state index contributed by atoms with van der Waals surface area (Å²) in [4.78, 5) is 22.2. The van der Waals surface area contributed by atoms with E-state index in [-0.39, 0.29) is 22.1 Å². The topological polar surface area (TPSA) is 115 Å². The molecule has 0 aromatic heterocycles. The maximum atomic E-state index is 13.6. The lowest BCUT2D eigenvalue weighted by molar-refractivity contribution is 0.477. The molecule has 0 aliphatic heterocycles. The Morgan fingerprint density at radius 2 is 0.788 bits per heavy atom. The van der Waals surface area contributed by atoms with Crippen LogP contribution in [0.1, 0.15) is 0 Å². The molecule has 9 heteroatoms. The van der Waals surface area contributed by atoms with E-state index in [1.54, 1.807) is 72.8 Å². The van der Waals surface area contributed by atoms with Gasteiger partial charge in [0.05, 0.1) is 0 Å². The van der Waals surface area contributed by atoms with Crippen LogP contribution >= 0.6 is 10.3 Å². The fraction of sp³-hybridized carbons (Fsp3) is 0. The molecule has 0 spiro atoms. The number of aromatic hydroxyl groups is 2. The van der Waals surface area contributed by atoms with E-state index in [2.05, 4.69) is 0 Å². The van der Waals surface area contributed by atoms with Crippen LogP contribution in [-0.2, 0) is 9.13 Å². The zero-order valence-electron chi connectivity index (χ0n) is 17.4. The highest BCUT2D eigenvalue weighted by Gasteiger charge is 2.42. The minimum atomic E-state index is -4.23. The Balaban J connectivity index is 1.79. The fourth-order valence-electron chi connectivity index (χ4n) is 3.83. The molecular formula is C24H20MgO6P2. The van der Waals surface area contributed by atoms with Crippen molar-refractivity contribution in [2.45, 2.75) is 0 Å². The lowest BCUT2D eigenvalue weighted by Gasteiger charge is -2.21. The molecule has 2 unspecified atom stereocenters. The van der Waals surface area contributed by atoms with Gasteiger partial charge in [0.1, 0.15) is 21.8 Å². The third-order valence-electron chi connectivity index (χ3n) is 5.33. The van der Waals surface area contributed by atoms with Gasteiger partial charge in [-0.3, -0.25) is 0 Å². The van der Waals surface area contributed by atoms with Crippen LogP contribution in [0.15, 0.2) is 97.1 Å². The second-order valence-electron chi connectivity index (χ2n) is 7.61. The Bertz CT molecular complexity index is 1310. The van der Waals surface area contributed by atoms with E-state index in [9.17, 15) is 29.1 Å². The SMILES string of the molecule is O=[P](O)([Mg][P](=O)(O)c1ccccc1-c1ccccc1O)c1ccccc1-c1ccccc1O. The van der Waals surface area contributed by atoms with Gasteiger partial charge in [-0.1, -0.05) is 84.9 Å². The smallest absolute Gasteiger partial charge is 0.507 e. The second kappa shape index (κ2) is 9.47. The van der Waals surface area contributed by atoms with Crippen molar-refractivity contribution >= 4 is 40.2 Å². The summed E-state index contributed by atoms with van der Waals surface area (Å²) in [7, 11) is 0. The number of hydrogen-bond donors (Lipinski definition) is 4. The summed E-state index contributed by atoms with van der Waals surface area (Å²) < 4.78 is 27.2. The van der Waals surface area contributed by atoms with Crippen molar-refractivity contribution in [1.82, 2.24) is 0 Å². The number of phenolic OH excluding ortho intramolecular Hbond substituents is 2. The van der Waals surface area contributed by atoms with Crippen molar-refractivity contribution in [2.75, 3.05) is 0 Å². The first-order chi connectivity index (χ1) is 15.7. The number of benzene rings is 4. The average molecular weight is 491 g/mol. The van der Waals surface area contributed by atoms with Crippen LogP contribution < -0.4 is 10.6 Å². The molecule has 33 heavy (non-hydrogen) atoms. The molecule has 4 aromatic rings. The van der Waals surface area contributed by atoms with E-state index < -0.39 is 29.6 Å². The predicted molar refractivity (Wildman–Crippen MR) is 132 cm³/mol.